The maximum atomic E-state index is 6.11. The van der Waals surface area contributed by atoms with Gasteiger partial charge in [0.15, 0.2) is 0 Å². The predicted molar refractivity (Wildman–Crippen MR) is 93.1 cm³/mol. The van der Waals surface area contributed by atoms with Crippen LogP contribution in [0.15, 0.2) is 28.7 Å². The van der Waals surface area contributed by atoms with Gasteiger partial charge in [0.2, 0.25) is 0 Å². The summed E-state index contributed by atoms with van der Waals surface area (Å²) in [5.74, 6) is 0. The monoisotopic (exact) mass is 371 g/mol. The molecular weight excluding hydrogens is 354 g/mol. The second-order valence-corrected chi connectivity index (χ2v) is 7.59. The minimum Gasteiger partial charge on any atom is -0.306 e. The molecule has 1 atom stereocenters. The van der Waals surface area contributed by atoms with Gasteiger partial charge in [0.25, 0.3) is 0 Å². The quantitative estimate of drug-likeness (QED) is 0.692. The van der Waals surface area contributed by atoms with E-state index in [0.717, 1.165) is 21.8 Å². The molecule has 108 valence electrons. The molecule has 0 aliphatic heterocycles. The number of thiophene rings is 1. The van der Waals surface area contributed by atoms with E-state index in [9.17, 15) is 0 Å². The molecule has 0 bridgehead atoms. The zero-order valence-electron chi connectivity index (χ0n) is 12.0. The summed E-state index contributed by atoms with van der Waals surface area (Å²) in [7, 11) is 0. The van der Waals surface area contributed by atoms with Gasteiger partial charge in [-0.3, -0.25) is 0 Å². The molecule has 2 rings (SSSR count). The van der Waals surface area contributed by atoms with E-state index in [1.807, 2.05) is 6.07 Å². The van der Waals surface area contributed by atoms with Crippen LogP contribution in [-0.4, -0.2) is 6.54 Å². The lowest BCUT2D eigenvalue weighted by atomic mass is 9.97. The molecule has 0 aliphatic rings. The minimum atomic E-state index is 0.222. The second-order valence-electron chi connectivity index (χ2n) is 4.99. The van der Waals surface area contributed by atoms with E-state index in [2.05, 4.69) is 60.2 Å². The first-order chi connectivity index (χ1) is 9.52. The van der Waals surface area contributed by atoms with E-state index in [-0.39, 0.29) is 6.04 Å². The first-order valence-electron chi connectivity index (χ1n) is 6.78. The highest BCUT2D eigenvalue weighted by molar-refractivity contribution is 9.10. The SMILES string of the molecule is CCCNC(c1ccc(Cl)s1)c1cc(C)c(Br)cc1C. The van der Waals surface area contributed by atoms with Gasteiger partial charge in [0, 0.05) is 9.35 Å². The molecular formula is C16H19BrClNS. The molecule has 1 unspecified atom stereocenters. The highest BCUT2D eigenvalue weighted by Gasteiger charge is 2.18. The molecule has 0 saturated heterocycles. The number of benzene rings is 1. The maximum absolute atomic E-state index is 6.11. The number of hydrogen-bond acceptors (Lipinski definition) is 2. The van der Waals surface area contributed by atoms with E-state index < -0.39 is 0 Å². The summed E-state index contributed by atoms with van der Waals surface area (Å²) in [6.45, 7) is 7.47. The average Bonchev–Trinajstić information content (AvgIpc) is 2.82. The molecule has 1 aromatic carbocycles. The molecule has 1 N–H and O–H groups in total. The molecule has 0 saturated carbocycles. The largest absolute Gasteiger partial charge is 0.306 e. The van der Waals surface area contributed by atoms with Gasteiger partial charge in [0.1, 0.15) is 0 Å². The van der Waals surface area contributed by atoms with Gasteiger partial charge in [-0.05, 0) is 61.7 Å². The van der Waals surface area contributed by atoms with Crippen LogP contribution in [0.25, 0.3) is 0 Å². The molecule has 1 aromatic heterocycles. The van der Waals surface area contributed by atoms with Crippen LogP contribution in [0.2, 0.25) is 4.34 Å². The van der Waals surface area contributed by atoms with Gasteiger partial charge in [0.05, 0.1) is 10.4 Å². The van der Waals surface area contributed by atoms with Crippen LogP contribution >= 0.6 is 38.9 Å². The summed E-state index contributed by atoms with van der Waals surface area (Å²) in [5.41, 5.74) is 3.88. The topological polar surface area (TPSA) is 12.0 Å². The third-order valence-corrected chi connectivity index (χ3v) is 5.49. The molecule has 0 amide bonds. The Balaban J connectivity index is 2.43. The van der Waals surface area contributed by atoms with Crippen molar-refractivity contribution in [3.8, 4) is 0 Å². The van der Waals surface area contributed by atoms with Gasteiger partial charge in [-0.25, -0.2) is 0 Å². The fourth-order valence-electron chi connectivity index (χ4n) is 2.25. The van der Waals surface area contributed by atoms with Gasteiger partial charge in [-0.15, -0.1) is 11.3 Å². The highest BCUT2D eigenvalue weighted by Crippen LogP contribution is 2.34. The smallest absolute Gasteiger partial charge is 0.0931 e. The average molecular weight is 373 g/mol. The Morgan fingerprint density at radius 1 is 1.25 bits per heavy atom. The Morgan fingerprint density at radius 2 is 2.00 bits per heavy atom. The van der Waals surface area contributed by atoms with E-state index >= 15 is 0 Å². The van der Waals surface area contributed by atoms with Gasteiger partial charge >= 0.3 is 0 Å². The lowest BCUT2D eigenvalue weighted by Crippen LogP contribution is -2.23. The highest BCUT2D eigenvalue weighted by atomic mass is 79.9. The van der Waals surface area contributed by atoms with Crippen LogP contribution in [0.1, 0.15) is 41.0 Å². The van der Waals surface area contributed by atoms with Crippen LogP contribution in [0.3, 0.4) is 0 Å². The first-order valence-corrected chi connectivity index (χ1v) is 8.77. The Morgan fingerprint density at radius 3 is 2.60 bits per heavy atom. The fraction of sp³-hybridized carbons (Fsp3) is 0.375. The van der Waals surface area contributed by atoms with Crippen molar-refractivity contribution in [3.05, 3.63) is 54.6 Å². The molecule has 4 heteroatoms. The lowest BCUT2D eigenvalue weighted by molar-refractivity contribution is 0.603. The molecule has 2 aromatic rings. The first kappa shape index (κ1) is 16.0. The number of rotatable bonds is 5. The van der Waals surface area contributed by atoms with E-state index in [1.54, 1.807) is 11.3 Å². The van der Waals surface area contributed by atoms with Gasteiger partial charge in [-0.2, -0.15) is 0 Å². The normalized spacial score (nSPS) is 12.7. The summed E-state index contributed by atoms with van der Waals surface area (Å²) >= 11 is 11.4. The fourth-order valence-corrected chi connectivity index (χ4v) is 3.86. The van der Waals surface area contributed by atoms with Crippen LogP contribution < -0.4 is 5.32 Å². The van der Waals surface area contributed by atoms with E-state index in [0.29, 0.717) is 0 Å². The van der Waals surface area contributed by atoms with Crippen LogP contribution in [0, 0.1) is 13.8 Å². The second kappa shape index (κ2) is 7.08. The lowest BCUT2D eigenvalue weighted by Gasteiger charge is -2.21. The van der Waals surface area contributed by atoms with Gasteiger partial charge < -0.3 is 5.32 Å². The third kappa shape index (κ3) is 3.64. The molecule has 0 fully saturated rings. The Kier molecular flexibility index (Phi) is 5.67. The van der Waals surface area contributed by atoms with Crippen LogP contribution in [0.5, 0.6) is 0 Å². The van der Waals surface area contributed by atoms with Crippen molar-refractivity contribution in [2.75, 3.05) is 6.54 Å². The Labute approximate surface area is 138 Å². The zero-order chi connectivity index (χ0) is 14.7. The molecule has 0 radical (unpaired) electrons. The summed E-state index contributed by atoms with van der Waals surface area (Å²) < 4.78 is 2.01. The zero-order valence-corrected chi connectivity index (χ0v) is 15.1. The van der Waals surface area contributed by atoms with Crippen molar-refractivity contribution in [2.45, 2.75) is 33.2 Å². The third-order valence-electron chi connectivity index (χ3n) is 3.34. The number of nitrogens with one attached hydrogen (secondary N) is 1. The van der Waals surface area contributed by atoms with E-state index in [4.69, 9.17) is 11.6 Å². The molecule has 20 heavy (non-hydrogen) atoms. The molecule has 1 heterocycles. The van der Waals surface area contributed by atoms with Crippen LogP contribution in [0.4, 0.5) is 0 Å². The van der Waals surface area contributed by atoms with Crippen molar-refractivity contribution < 1.29 is 0 Å². The standard InChI is InChI=1S/C16H19BrClNS/c1-4-7-19-16(14-5-6-15(18)20-14)12-8-11(3)13(17)9-10(12)2/h5-6,8-9,16,19H,4,7H2,1-3H3. The number of hydrogen-bond donors (Lipinski definition) is 1. The van der Waals surface area contributed by atoms with Crippen molar-refractivity contribution in [3.63, 3.8) is 0 Å². The number of aryl methyl sites for hydroxylation is 2. The molecule has 1 nitrogen and oxygen atoms in total. The summed E-state index contributed by atoms with van der Waals surface area (Å²) in [4.78, 5) is 1.27. The van der Waals surface area contributed by atoms with E-state index in [1.165, 1.54) is 21.6 Å². The molecule has 0 spiro atoms. The number of halogens is 2. The van der Waals surface area contributed by atoms with Crippen molar-refractivity contribution in [1.29, 1.82) is 0 Å². The van der Waals surface area contributed by atoms with Crippen LogP contribution in [-0.2, 0) is 0 Å². The van der Waals surface area contributed by atoms with Crippen molar-refractivity contribution >= 4 is 38.9 Å². The maximum Gasteiger partial charge on any atom is 0.0931 e. The summed E-state index contributed by atoms with van der Waals surface area (Å²) in [5, 5.41) is 3.64. The van der Waals surface area contributed by atoms with Gasteiger partial charge in [-0.1, -0.05) is 40.5 Å². The molecule has 0 aliphatic carbocycles. The minimum absolute atomic E-state index is 0.222. The van der Waals surface area contributed by atoms with Crippen molar-refractivity contribution in [1.82, 2.24) is 5.32 Å². The summed E-state index contributed by atoms with van der Waals surface area (Å²) in [6.07, 6.45) is 1.12. The summed E-state index contributed by atoms with van der Waals surface area (Å²) in [6, 6.07) is 8.78. The predicted octanol–water partition coefficient (Wildman–Crippen LogP) is 5.87. The van der Waals surface area contributed by atoms with Crippen molar-refractivity contribution in [2.24, 2.45) is 0 Å². The Bertz CT molecular complexity index is 594. The Hall–Kier alpha value is -0.350.